The van der Waals surface area contributed by atoms with Crippen LogP contribution in [0.15, 0.2) is 24.3 Å². The highest BCUT2D eigenvalue weighted by atomic mass is 19.4. The van der Waals surface area contributed by atoms with E-state index in [1.54, 1.807) is 4.90 Å². The first-order chi connectivity index (χ1) is 13.1. The van der Waals surface area contributed by atoms with E-state index < -0.39 is 18.0 Å². The van der Waals surface area contributed by atoms with Crippen molar-refractivity contribution in [2.45, 2.75) is 89.4 Å². The molecular formula is C21H28F5NO. The number of hydrogen-bond donors (Lipinski definition) is 0. The molecule has 7 heteroatoms. The Hall–Kier alpha value is -1.66. The number of hydrogen-bond acceptors (Lipinski definition) is 1. The van der Waals surface area contributed by atoms with Gasteiger partial charge < -0.3 is 4.90 Å². The normalized spacial score (nSPS) is 20.7. The Morgan fingerprint density at radius 3 is 1.89 bits per heavy atom. The van der Waals surface area contributed by atoms with E-state index in [1.807, 2.05) is 13.8 Å². The summed E-state index contributed by atoms with van der Waals surface area (Å²) in [7, 11) is 0. The fraction of sp³-hybridized carbons (Fsp3) is 0.667. The van der Waals surface area contributed by atoms with Crippen LogP contribution in [-0.4, -0.2) is 35.0 Å². The number of rotatable bonds is 4. The third-order valence-corrected chi connectivity index (χ3v) is 5.40. The minimum atomic E-state index is -4.33. The van der Waals surface area contributed by atoms with E-state index in [2.05, 4.69) is 0 Å². The zero-order valence-electron chi connectivity index (χ0n) is 16.5. The van der Waals surface area contributed by atoms with Crippen molar-refractivity contribution in [3.63, 3.8) is 0 Å². The minimum Gasteiger partial charge on any atom is -0.333 e. The fourth-order valence-electron chi connectivity index (χ4n) is 3.54. The second-order valence-corrected chi connectivity index (χ2v) is 7.42. The SMILES string of the molecule is CC.CC(c1ccc(C(=O)N(C2CC2)C2CCC(F)(F)CC2)cc1)C(F)(F)F. The Bertz CT molecular complexity index is 642. The molecule has 0 bridgehead atoms. The number of carbonyl (C=O) groups is 1. The molecule has 0 spiro atoms. The maximum absolute atomic E-state index is 13.4. The molecule has 0 N–H and O–H groups in total. The van der Waals surface area contributed by atoms with Gasteiger partial charge in [0.15, 0.2) is 0 Å². The quantitative estimate of drug-likeness (QED) is 0.520. The van der Waals surface area contributed by atoms with Gasteiger partial charge in [-0.3, -0.25) is 4.79 Å². The highest BCUT2D eigenvalue weighted by molar-refractivity contribution is 5.95. The summed E-state index contributed by atoms with van der Waals surface area (Å²) in [6, 6.07) is 5.31. The van der Waals surface area contributed by atoms with Crippen LogP contribution in [0.1, 0.15) is 81.1 Å². The van der Waals surface area contributed by atoms with Crippen LogP contribution < -0.4 is 0 Å². The first-order valence-corrected chi connectivity index (χ1v) is 9.96. The molecule has 1 amide bonds. The molecule has 1 unspecified atom stereocenters. The van der Waals surface area contributed by atoms with Gasteiger partial charge in [-0.15, -0.1) is 0 Å². The van der Waals surface area contributed by atoms with Crippen molar-refractivity contribution in [2.24, 2.45) is 0 Å². The standard InChI is InChI=1S/C19H22F5NO.C2H6/c1-12(19(22,23)24)13-2-4-14(5-3-13)17(26)25(15-6-7-15)16-8-10-18(20,21)11-9-16;1-2/h2-5,12,15-16H,6-11H2,1H3;1-2H3. The average molecular weight is 405 g/mol. The molecule has 0 aliphatic heterocycles. The lowest BCUT2D eigenvalue weighted by atomic mass is 9.90. The van der Waals surface area contributed by atoms with E-state index in [0.29, 0.717) is 5.56 Å². The maximum Gasteiger partial charge on any atom is 0.395 e. The number of carbonyl (C=O) groups excluding carboxylic acids is 1. The van der Waals surface area contributed by atoms with Crippen molar-refractivity contribution in [2.75, 3.05) is 0 Å². The topological polar surface area (TPSA) is 20.3 Å². The predicted molar refractivity (Wildman–Crippen MR) is 98.7 cm³/mol. The maximum atomic E-state index is 13.4. The molecule has 2 aliphatic carbocycles. The van der Waals surface area contributed by atoms with E-state index in [1.165, 1.54) is 24.3 Å². The van der Waals surface area contributed by atoms with Gasteiger partial charge in [0.05, 0.1) is 5.92 Å². The van der Waals surface area contributed by atoms with Gasteiger partial charge in [0, 0.05) is 30.5 Å². The van der Waals surface area contributed by atoms with E-state index >= 15 is 0 Å². The van der Waals surface area contributed by atoms with E-state index in [-0.39, 0.29) is 49.2 Å². The molecule has 1 aromatic carbocycles. The first kappa shape index (κ1) is 22.6. The zero-order chi connectivity index (χ0) is 21.1. The van der Waals surface area contributed by atoms with Crippen molar-refractivity contribution >= 4 is 5.91 Å². The summed E-state index contributed by atoms with van der Waals surface area (Å²) in [6.07, 6.45) is -2.56. The molecule has 0 aromatic heterocycles. The molecule has 0 saturated heterocycles. The summed E-state index contributed by atoms with van der Waals surface area (Å²) in [4.78, 5) is 14.6. The second kappa shape index (κ2) is 8.78. The van der Waals surface area contributed by atoms with Crippen LogP contribution in [0, 0.1) is 0 Å². The van der Waals surface area contributed by atoms with Crippen molar-refractivity contribution in [3.05, 3.63) is 35.4 Å². The Labute approximate surface area is 163 Å². The summed E-state index contributed by atoms with van der Waals surface area (Å²) >= 11 is 0. The molecule has 1 atom stereocenters. The summed E-state index contributed by atoms with van der Waals surface area (Å²) in [5, 5.41) is 0. The molecule has 3 rings (SSSR count). The second-order valence-electron chi connectivity index (χ2n) is 7.42. The molecule has 0 radical (unpaired) electrons. The third kappa shape index (κ3) is 5.45. The minimum absolute atomic E-state index is 0.0630. The van der Waals surface area contributed by atoms with Gasteiger partial charge in [0.25, 0.3) is 5.91 Å². The van der Waals surface area contributed by atoms with Crippen molar-refractivity contribution < 1.29 is 26.7 Å². The van der Waals surface area contributed by atoms with Crippen molar-refractivity contribution in [3.8, 4) is 0 Å². The van der Waals surface area contributed by atoms with Crippen LogP contribution in [0.5, 0.6) is 0 Å². The van der Waals surface area contributed by atoms with Crippen LogP contribution >= 0.6 is 0 Å². The van der Waals surface area contributed by atoms with Gasteiger partial charge in [-0.1, -0.05) is 26.0 Å². The Balaban J connectivity index is 0.00000136. The van der Waals surface area contributed by atoms with Crippen LogP contribution in [0.2, 0.25) is 0 Å². The summed E-state index contributed by atoms with van der Waals surface area (Å²) in [5.74, 6) is -4.54. The molecule has 2 saturated carbocycles. The van der Waals surface area contributed by atoms with Crippen LogP contribution in [0.3, 0.4) is 0 Å². The molecule has 28 heavy (non-hydrogen) atoms. The van der Waals surface area contributed by atoms with Crippen molar-refractivity contribution in [1.82, 2.24) is 4.90 Å². The van der Waals surface area contributed by atoms with Crippen LogP contribution in [-0.2, 0) is 0 Å². The Morgan fingerprint density at radius 2 is 1.46 bits per heavy atom. The lowest BCUT2D eigenvalue weighted by Gasteiger charge is -2.37. The molecule has 158 valence electrons. The molecule has 1 aromatic rings. The van der Waals surface area contributed by atoms with Gasteiger partial charge in [-0.25, -0.2) is 8.78 Å². The molecule has 0 heterocycles. The fourth-order valence-corrected chi connectivity index (χ4v) is 3.54. The van der Waals surface area contributed by atoms with Gasteiger partial charge in [-0.05, 0) is 50.3 Å². The van der Waals surface area contributed by atoms with E-state index in [4.69, 9.17) is 0 Å². The highest BCUT2D eigenvalue weighted by Crippen LogP contribution is 2.40. The van der Waals surface area contributed by atoms with E-state index in [0.717, 1.165) is 19.8 Å². The van der Waals surface area contributed by atoms with Gasteiger partial charge >= 0.3 is 6.18 Å². The highest BCUT2D eigenvalue weighted by Gasteiger charge is 2.43. The molecule has 2 nitrogen and oxygen atoms in total. The van der Waals surface area contributed by atoms with Crippen LogP contribution in [0.25, 0.3) is 0 Å². The molecular weight excluding hydrogens is 377 g/mol. The number of alkyl halides is 5. The first-order valence-electron chi connectivity index (χ1n) is 9.96. The lowest BCUT2D eigenvalue weighted by molar-refractivity contribution is -0.146. The van der Waals surface area contributed by atoms with Gasteiger partial charge in [0.2, 0.25) is 5.92 Å². The largest absolute Gasteiger partial charge is 0.395 e. The summed E-state index contributed by atoms with van der Waals surface area (Å²) in [6.45, 7) is 5.08. The summed E-state index contributed by atoms with van der Waals surface area (Å²) < 4.78 is 65.2. The smallest absolute Gasteiger partial charge is 0.333 e. The Morgan fingerprint density at radius 1 is 1.00 bits per heavy atom. The average Bonchev–Trinajstić information content (AvgIpc) is 3.48. The zero-order valence-corrected chi connectivity index (χ0v) is 16.5. The summed E-state index contributed by atoms with van der Waals surface area (Å²) in [5.41, 5.74) is 0.414. The molecule has 2 aliphatic rings. The van der Waals surface area contributed by atoms with Gasteiger partial charge in [-0.2, -0.15) is 13.2 Å². The number of nitrogens with zero attached hydrogens (tertiary/aromatic N) is 1. The van der Waals surface area contributed by atoms with Gasteiger partial charge in [0.1, 0.15) is 0 Å². The monoisotopic (exact) mass is 405 g/mol. The third-order valence-electron chi connectivity index (χ3n) is 5.40. The van der Waals surface area contributed by atoms with Crippen LogP contribution in [0.4, 0.5) is 22.0 Å². The Kier molecular flexibility index (Phi) is 7.10. The number of amides is 1. The lowest BCUT2D eigenvalue weighted by Crippen LogP contribution is -2.45. The number of benzene rings is 1. The number of halogens is 5. The predicted octanol–water partition coefficient (Wildman–Crippen LogP) is 6.56. The van der Waals surface area contributed by atoms with E-state index in [9.17, 15) is 26.7 Å². The van der Waals surface area contributed by atoms with Crippen molar-refractivity contribution in [1.29, 1.82) is 0 Å². The molecule has 2 fully saturated rings.